The van der Waals surface area contributed by atoms with Crippen molar-refractivity contribution in [1.29, 1.82) is 0 Å². The third kappa shape index (κ3) is 3.99. The number of carboxylic acids is 1. The van der Waals surface area contributed by atoms with E-state index in [0.717, 1.165) is 25.0 Å². The van der Waals surface area contributed by atoms with Gasteiger partial charge in [0, 0.05) is 24.0 Å². The van der Waals surface area contributed by atoms with E-state index in [-0.39, 0.29) is 12.5 Å². The molecule has 1 heterocycles. The minimum Gasteiger partial charge on any atom is -0.480 e. The van der Waals surface area contributed by atoms with Gasteiger partial charge in [-0.3, -0.25) is 14.7 Å². The highest BCUT2D eigenvalue weighted by molar-refractivity contribution is 5.95. The maximum absolute atomic E-state index is 12.7. The van der Waals surface area contributed by atoms with Gasteiger partial charge in [-0.15, -0.1) is 0 Å². The Hall–Kier alpha value is -2.83. The van der Waals surface area contributed by atoms with E-state index in [1.807, 2.05) is 0 Å². The lowest BCUT2D eigenvalue weighted by atomic mass is 9.96. The Labute approximate surface area is 146 Å². The topological polar surface area (TPSA) is 98.3 Å². The zero-order valence-corrected chi connectivity index (χ0v) is 14.2. The number of carboxylic acid groups (broad SMARTS) is 1. The summed E-state index contributed by atoms with van der Waals surface area (Å²) < 4.78 is 0. The van der Waals surface area contributed by atoms with Crippen LogP contribution in [0.5, 0.6) is 0 Å². The van der Waals surface area contributed by atoms with Crippen LogP contribution in [-0.2, 0) is 24.2 Å². The van der Waals surface area contributed by atoms with Crippen LogP contribution in [0.1, 0.15) is 40.2 Å². The van der Waals surface area contributed by atoms with Gasteiger partial charge in [0.1, 0.15) is 6.54 Å². The van der Waals surface area contributed by atoms with Gasteiger partial charge in [-0.2, -0.15) is 5.10 Å². The lowest BCUT2D eigenvalue weighted by molar-refractivity contribution is -0.134. The molecule has 0 saturated heterocycles. The fourth-order valence-corrected chi connectivity index (χ4v) is 3.14. The molecule has 7 heteroatoms. The molecule has 1 aliphatic carbocycles. The maximum atomic E-state index is 12.7. The first-order chi connectivity index (χ1) is 12.0. The SMILES string of the molecule is CN(Cc1n[nH]c2c1CCCC2)C(=O)c1cccc(NCC(=O)O)c1. The number of carbonyl (C=O) groups is 2. The van der Waals surface area contributed by atoms with E-state index in [9.17, 15) is 9.59 Å². The van der Waals surface area contributed by atoms with Crippen LogP contribution in [0, 0.1) is 0 Å². The van der Waals surface area contributed by atoms with Gasteiger partial charge in [-0.1, -0.05) is 6.07 Å². The number of aromatic amines is 1. The van der Waals surface area contributed by atoms with Gasteiger partial charge >= 0.3 is 5.97 Å². The first-order valence-corrected chi connectivity index (χ1v) is 8.41. The maximum Gasteiger partial charge on any atom is 0.322 e. The first-order valence-electron chi connectivity index (χ1n) is 8.41. The molecule has 25 heavy (non-hydrogen) atoms. The van der Waals surface area contributed by atoms with Gasteiger partial charge < -0.3 is 15.3 Å². The minimum atomic E-state index is -0.947. The number of carbonyl (C=O) groups excluding carboxylic acids is 1. The highest BCUT2D eigenvalue weighted by Crippen LogP contribution is 2.23. The van der Waals surface area contributed by atoms with Gasteiger partial charge in [-0.05, 0) is 49.4 Å². The fourth-order valence-electron chi connectivity index (χ4n) is 3.14. The van der Waals surface area contributed by atoms with Gasteiger partial charge in [-0.25, -0.2) is 0 Å². The lowest BCUT2D eigenvalue weighted by Crippen LogP contribution is -2.27. The average molecular weight is 342 g/mol. The highest BCUT2D eigenvalue weighted by Gasteiger charge is 2.20. The second kappa shape index (κ2) is 7.38. The molecule has 0 radical (unpaired) electrons. The molecule has 1 amide bonds. The number of anilines is 1. The van der Waals surface area contributed by atoms with Crippen molar-refractivity contribution in [2.24, 2.45) is 0 Å². The summed E-state index contributed by atoms with van der Waals surface area (Å²) in [5.74, 6) is -1.07. The summed E-state index contributed by atoms with van der Waals surface area (Å²) in [7, 11) is 1.75. The standard InChI is InChI=1S/C18H22N4O3/c1-22(11-16-14-7-2-3-8-15(14)20-21-16)18(25)12-5-4-6-13(9-12)19-10-17(23)24/h4-6,9,19H,2-3,7-8,10-11H2,1H3,(H,20,21)(H,23,24). The number of H-pyrrole nitrogens is 1. The Morgan fingerprint density at radius 1 is 1.32 bits per heavy atom. The molecule has 132 valence electrons. The molecule has 0 atom stereocenters. The molecule has 2 aromatic rings. The zero-order valence-electron chi connectivity index (χ0n) is 14.2. The summed E-state index contributed by atoms with van der Waals surface area (Å²) >= 11 is 0. The molecule has 0 bridgehead atoms. The van der Waals surface area contributed by atoms with Crippen LogP contribution in [0.4, 0.5) is 5.69 Å². The van der Waals surface area contributed by atoms with Crippen LogP contribution in [-0.4, -0.2) is 45.7 Å². The molecular formula is C18H22N4O3. The second-order valence-corrected chi connectivity index (χ2v) is 6.32. The molecule has 1 aromatic heterocycles. The van der Waals surface area contributed by atoms with E-state index < -0.39 is 5.97 Å². The Kier molecular flexibility index (Phi) is 5.02. The molecule has 0 spiro atoms. The van der Waals surface area contributed by atoms with Gasteiger partial charge in [0.05, 0.1) is 12.2 Å². The number of amides is 1. The Morgan fingerprint density at radius 2 is 2.12 bits per heavy atom. The number of nitrogens with one attached hydrogen (secondary N) is 2. The number of aromatic nitrogens is 2. The van der Waals surface area contributed by atoms with Crippen molar-refractivity contribution in [1.82, 2.24) is 15.1 Å². The highest BCUT2D eigenvalue weighted by atomic mass is 16.4. The minimum absolute atomic E-state index is 0.119. The molecule has 3 N–H and O–H groups in total. The molecule has 7 nitrogen and oxygen atoms in total. The summed E-state index contributed by atoms with van der Waals surface area (Å²) in [6, 6.07) is 6.87. The molecule has 0 fully saturated rings. The van der Waals surface area contributed by atoms with Crippen molar-refractivity contribution in [2.75, 3.05) is 18.9 Å². The first kappa shape index (κ1) is 17.0. The quantitative estimate of drug-likeness (QED) is 0.746. The largest absolute Gasteiger partial charge is 0.480 e. The van der Waals surface area contributed by atoms with Crippen LogP contribution in [0.25, 0.3) is 0 Å². The van der Waals surface area contributed by atoms with Crippen LogP contribution < -0.4 is 5.32 Å². The number of aliphatic carboxylic acids is 1. The molecule has 3 rings (SSSR count). The summed E-state index contributed by atoms with van der Waals surface area (Å²) in [5, 5.41) is 19.0. The third-order valence-corrected chi connectivity index (χ3v) is 4.43. The number of aryl methyl sites for hydroxylation is 1. The zero-order chi connectivity index (χ0) is 17.8. The smallest absolute Gasteiger partial charge is 0.322 e. The number of benzene rings is 1. The van der Waals surface area contributed by atoms with E-state index in [2.05, 4.69) is 15.5 Å². The van der Waals surface area contributed by atoms with Gasteiger partial charge in [0.15, 0.2) is 0 Å². The normalized spacial score (nSPS) is 13.2. The molecule has 1 aliphatic rings. The van der Waals surface area contributed by atoms with Crippen LogP contribution in [0.3, 0.4) is 0 Å². The summed E-state index contributed by atoms with van der Waals surface area (Å²) in [4.78, 5) is 25.0. The summed E-state index contributed by atoms with van der Waals surface area (Å²) in [5.41, 5.74) is 4.51. The van der Waals surface area contributed by atoms with E-state index in [1.165, 1.54) is 17.7 Å². The Balaban J connectivity index is 1.69. The molecule has 0 aliphatic heterocycles. The van der Waals surface area contributed by atoms with Crippen LogP contribution in [0.2, 0.25) is 0 Å². The predicted octanol–water partition coefficient (Wildman–Crippen LogP) is 2.06. The Bertz CT molecular complexity index is 784. The predicted molar refractivity (Wildman–Crippen MR) is 93.6 cm³/mol. The van der Waals surface area contributed by atoms with Gasteiger partial charge in [0.2, 0.25) is 0 Å². The monoisotopic (exact) mass is 342 g/mol. The Morgan fingerprint density at radius 3 is 2.92 bits per heavy atom. The van der Waals surface area contributed by atoms with Crippen molar-refractivity contribution in [3.8, 4) is 0 Å². The van der Waals surface area contributed by atoms with Crippen molar-refractivity contribution < 1.29 is 14.7 Å². The van der Waals surface area contributed by atoms with Crippen molar-refractivity contribution in [3.05, 3.63) is 46.8 Å². The van der Waals surface area contributed by atoms with Gasteiger partial charge in [0.25, 0.3) is 5.91 Å². The lowest BCUT2D eigenvalue weighted by Gasteiger charge is -2.18. The van der Waals surface area contributed by atoms with E-state index >= 15 is 0 Å². The summed E-state index contributed by atoms with van der Waals surface area (Å²) in [6.45, 7) is 0.268. The second-order valence-electron chi connectivity index (χ2n) is 6.32. The molecule has 0 saturated carbocycles. The van der Waals surface area contributed by atoms with Crippen molar-refractivity contribution in [2.45, 2.75) is 32.2 Å². The van der Waals surface area contributed by atoms with Crippen LogP contribution in [0.15, 0.2) is 24.3 Å². The molecule has 0 unspecified atom stereocenters. The number of nitrogens with zero attached hydrogens (tertiary/aromatic N) is 2. The number of rotatable bonds is 6. The molecular weight excluding hydrogens is 320 g/mol. The fraction of sp³-hybridized carbons (Fsp3) is 0.389. The van der Waals surface area contributed by atoms with E-state index in [4.69, 9.17) is 5.11 Å². The van der Waals surface area contributed by atoms with Crippen molar-refractivity contribution in [3.63, 3.8) is 0 Å². The van der Waals surface area contributed by atoms with E-state index in [0.29, 0.717) is 17.8 Å². The summed E-state index contributed by atoms with van der Waals surface area (Å²) in [6.07, 6.45) is 4.38. The molecule has 1 aromatic carbocycles. The number of hydrogen-bond donors (Lipinski definition) is 3. The number of fused-ring (bicyclic) bond motifs is 1. The van der Waals surface area contributed by atoms with Crippen molar-refractivity contribution >= 4 is 17.6 Å². The average Bonchev–Trinajstić information content (AvgIpc) is 3.02. The number of hydrogen-bond acceptors (Lipinski definition) is 4. The van der Waals surface area contributed by atoms with Crippen LogP contribution >= 0.6 is 0 Å². The van der Waals surface area contributed by atoms with E-state index in [1.54, 1.807) is 36.2 Å². The third-order valence-electron chi connectivity index (χ3n) is 4.43.